The van der Waals surface area contributed by atoms with Crippen LogP contribution in [0.15, 0.2) is 70.6 Å². The summed E-state index contributed by atoms with van der Waals surface area (Å²) in [6, 6.07) is 22.8. The van der Waals surface area contributed by atoms with Gasteiger partial charge in [-0.15, -0.1) is 0 Å². The molecule has 0 radical (unpaired) electrons. The third kappa shape index (κ3) is 4.33. The van der Waals surface area contributed by atoms with E-state index in [4.69, 9.17) is 9.98 Å². The number of rotatable bonds is 4. The second kappa shape index (κ2) is 10.1. The van der Waals surface area contributed by atoms with Gasteiger partial charge < -0.3 is 0 Å². The molecule has 40 heavy (non-hydrogen) atoms. The lowest BCUT2D eigenvalue weighted by atomic mass is 9.91. The van der Waals surface area contributed by atoms with Crippen LogP contribution in [0.2, 0.25) is 0 Å². The standard InChI is InChI=1S/C38H40N2/c1-23-19-25(3)35(32(21-23)27-11-5-6-12-27)39-37-30-17-9-15-29-16-10-18-31(34(29)30)38(37)40-36-26(4)20-24(2)22-33(36)28-13-7-8-14-28/h9-10,15-22,27-28H,5-8,11-14H2,1-4H3. The molecule has 2 fully saturated rings. The third-order valence-corrected chi connectivity index (χ3v) is 9.63. The Kier molecular flexibility index (Phi) is 6.45. The summed E-state index contributed by atoms with van der Waals surface area (Å²) in [5, 5.41) is 2.56. The van der Waals surface area contributed by atoms with E-state index >= 15 is 0 Å². The summed E-state index contributed by atoms with van der Waals surface area (Å²) < 4.78 is 0. The number of hydrogen-bond donors (Lipinski definition) is 0. The van der Waals surface area contributed by atoms with Crippen LogP contribution in [-0.2, 0) is 0 Å². The number of aryl methyl sites for hydroxylation is 4. The van der Waals surface area contributed by atoms with Gasteiger partial charge in [0.15, 0.2) is 0 Å². The largest absolute Gasteiger partial charge is 0.246 e. The average Bonchev–Trinajstić information content (AvgIpc) is 3.71. The Balaban J connectivity index is 1.49. The Morgan fingerprint density at radius 2 is 0.975 bits per heavy atom. The molecule has 0 spiro atoms. The van der Waals surface area contributed by atoms with Crippen LogP contribution >= 0.6 is 0 Å². The molecule has 0 amide bonds. The molecule has 202 valence electrons. The molecule has 0 aliphatic heterocycles. The van der Waals surface area contributed by atoms with E-state index in [1.165, 1.54) is 118 Å². The molecule has 0 atom stereocenters. The van der Waals surface area contributed by atoms with Gasteiger partial charge in [0, 0.05) is 16.5 Å². The van der Waals surface area contributed by atoms with Crippen molar-refractivity contribution in [1.29, 1.82) is 0 Å². The fourth-order valence-corrected chi connectivity index (χ4v) is 7.83. The zero-order chi connectivity index (χ0) is 27.4. The van der Waals surface area contributed by atoms with Gasteiger partial charge in [-0.2, -0.15) is 0 Å². The van der Waals surface area contributed by atoms with Crippen molar-refractivity contribution in [2.45, 2.75) is 90.9 Å². The molecule has 2 nitrogen and oxygen atoms in total. The Bertz CT molecular complexity index is 1570. The van der Waals surface area contributed by atoms with Crippen molar-refractivity contribution < 1.29 is 0 Å². The van der Waals surface area contributed by atoms with Crippen molar-refractivity contribution in [3.8, 4) is 0 Å². The smallest absolute Gasteiger partial charge is 0.0979 e. The first kappa shape index (κ1) is 25.4. The number of hydrogen-bond acceptors (Lipinski definition) is 2. The molecule has 3 aliphatic rings. The molecular formula is C38H40N2. The fraction of sp³-hybridized carbons (Fsp3) is 0.368. The minimum Gasteiger partial charge on any atom is -0.246 e. The summed E-state index contributed by atoms with van der Waals surface area (Å²) in [6.07, 6.45) is 10.4. The molecule has 2 saturated carbocycles. The maximum Gasteiger partial charge on any atom is 0.0979 e. The lowest BCUT2D eigenvalue weighted by molar-refractivity contribution is 0.722. The van der Waals surface area contributed by atoms with Crippen LogP contribution in [0.25, 0.3) is 10.8 Å². The van der Waals surface area contributed by atoms with Crippen LogP contribution in [0.5, 0.6) is 0 Å². The lowest BCUT2D eigenvalue weighted by Crippen LogP contribution is -2.11. The van der Waals surface area contributed by atoms with Crippen molar-refractivity contribution in [1.82, 2.24) is 0 Å². The molecule has 0 saturated heterocycles. The molecule has 2 heteroatoms. The first-order valence-corrected chi connectivity index (χ1v) is 15.4. The number of nitrogens with zero attached hydrogens (tertiary/aromatic N) is 2. The van der Waals surface area contributed by atoms with Crippen molar-refractivity contribution in [2.24, 2.45) is 9.98 Å². The molecule has 0 heterocycles. The van der Waals surface area contributed by atoms with Gasteiger partial charge in [-0.3, -0.25) is 0 Å². The first-order valence-electron chi connectivity index (χ1n) is 15.4. The minimum atomic E-state index is 0.603. The van der Waals surface area contributed by atoms with Crippen molar-refractivity contribution in [3.63, 3.8) is 0 Å². The van der Waals surface area contributed by atoms with E-state index in [1.54, 1.807) is 0 Å². The Labute approximate surface area is 239 Å². The number of aliphatic imine (C=N–C) groups is 2. The van der Waals surface area contributed by atoms with E-state index in [0.29, 0.717) is 11.8 Å². The topological polar surface area (TPSA) is 24.7 Å². The molecule has 0 unspecified atom stereocenters. The SMILES string of the molecule is Cc1cc(C)c(N=C2C(=Nc3c(C)cc(C)cc3C3CCCC3)c3cccc4cccc2c34)c(C2CCCC2)c1. The van der Waals surface area contributed by atoms with Crippen LogP contribution in [0.1, 0.15) is 108 Å². The maximum atomic E-state index is 5.62. The predicted molar refractivity (Wildman–Crippen MR) is 171 cm³/mol. The van der Waals surface area contributed by atoms with E-state index in [9.17, 15) is 0 Å². The van der Waals surface area contributed by atoms with Gasteiger partial charge in [-0.25, -0.2) is 9.98 Å². The molecule has 7 rings (SSSR count). The average molecular weight is 525 g/mol. The van der Waals surface area contributed by atoms with E-state index < -0.39 is 0 Å². The highest BCUT2D eigenvalue weighted by Gasteiger charge is 2.30. The van der Waals surface area contributed by atoms with E-state index in [-0.39, 0.29) is 0 Å². The van der Waals surface area contributed by atoms with Gasteiger partial charge in [-0.1, -0.05) is 97.5 Å². The zero-order valence-corrected chi connectivity index (χ0v) is 24.5. The van der Waals surface area contributed by atoms with Gasteiger partial charge in [0.2, 0.25) is 0 Å². The highest BCUT2D eigenvalue weighted by Crippen LogP contribution is 2.44. The van der Waals surface area contributed by atoms with E-state index in [2.05, 4.69) is 88.4 Å². The summed E-state index contributed by atoms with van der Waals surface area (Å²) in [4.78, 5) is 11.2. The zero-order valence-electron chi connectivity index (χ0n) is 24.5. The van der Waals surface area contributed by atoms with Crippen LogP contribution in [-0.4, -0.2) is 11.4 Å². The minimum absolute atomic E-state index is 0.603. The Hall–Kier alpha value is -3.52. The first-order chi connectivity index (χ1) is 19.5. The lowest BCUT2D eigenvalue weighted by Gasteiger charge is -2.18. The molecule has 3 aliphatic carbocycles. The summed E-state index contributed by atoms with van der Waals surface area (Å²) in [7, 11) is 0. The second-order valence-electron chi connectivity index (χ2n) is 12.6. The fourth-order valence-electron chi connectivity index (χ4n) is 7.83. The van der Waals surface area contributed by atoms with Gasteiger partial charge in [0.05, 0.1) is 22.8 Å². The summed E-state index contributed by atoms with van der Waals surface area (Å²) >= 11 is 0. The molecular weight excluding hydrogens is 484 g/mol. The highest BCUT2D eigenvalue weighted by atomic mass is 14.8. The quantitative estimate of drug-likeness (QED) is 0.254. The maximum absolute atomic E-state index is 5.62. The van der Waals surface area contributed by atoms with E-state index in [1.807, 2.05) is 0 Å². The number of benzene rings is 4. The second-order valence-corrected chi connectivity index (χ2v) is 12.6. The van der Waals surface area contributed by atoms with Crippen LogP contribution in [0, 0.1) is 27.7 Å². The van der Waals surface area contributed by atoms with Gasteiger partial charge >= 0.3 is 0 Å². The normalized spacial score (nSPS) is 19.6. The van der Waals surface area contributed by atoms with Crippen LogP contribution < -0.4 is 0 Å². The predicted octanol–water partition coefficient (Wildman–Crippen LogP) is 10.6. The Morgan fingerprint density at radius 1 is 0.550 bits per heavy atom. The van der Waals surface area contributed by atoms with Crippen molar-refractivity contribution >= 4 is 33.6 Å². The molecule has 0 aromatic heterocycles. The molecule has 4 aromatic rings. The molecule has 0 bridgehead atoms. The third-order valence-electron chi connectivity index (χ3n) is 9.63. The molecule has 4 aromatic carbocycles. The summed E-state index contributed by atoms with van der Waals surface area (Å²) in [5.74, 6) is 1.21. The van der Waals surface area contributed by atoms with Gasteiger partial charge in [-0.05, 0) is 92.9 Å². The van der Waals surface area contributed by atoms with Gasteiger partial charge in [0.25, 0.3) is 0 Å². The summed E-state index contributed by atoms with van der Waals surface area (Å²) in [5.41, 5.74) is 14.9. The van der Waals surface area contributed by atoms with Crippen molar-refractivity contribution in [2.75, 3.05) is 0 Å². The van der Waals surface area contributed by atoms with Crippen molar-refractivity contribution in [3.05, 3.63) is 105 Å². The Morgan fingerprint density at radius 3 is 1.40 bits per heavy atom. The summed E-state index contributed by atoms with van der Waals surface area (Å²) in [6.45, 7) is 8.94. The van der Waals surface area contributed by atoms with Crippen LogP contribution in [0.4, 0.5) is 11.4 Å². The highest BCUT2D eigenvalue weighted by molar-refractivity contribution is 6.61. The monoisotopic (exact) mass is 524 g/mol. The van der Waals surface area contributed by atoms with Crippen LogP contribution in [0.3, 0.4) is 0 Å². The molecule has 0 N–H and O–H groups in total. The van der Waals surface area contributed by atoms with E-state index in [0.717, 1.165) is 11.4 Å². The van der Waals surface area contributed by atoms with Gasteiger partial charge in [0.1, 0.15) is 0 Å².